The lowest BCUT2D eigenvalue weighted by atomic mass is 10.0. The van der Waals surface area contributed by atoms with Crippen molar-refractivity contribution >= 4 is 28.8 Å². The summed E-state index contributed by atoms with van der Waals surface area (Å²) in [6.45, 7) is 1.93. The van der Waals surface area contributed by atoms with Crippen LogP contribution in [0.2, 0.25) is 0 Å². The fourth-order valence-electron chi connectivity index (χ4n) is 3.33. The highest BCUT2D eigenvalue weighted by molar-refractivity contribution is 6.46. The third-order valence-corrected chi connectivity index (χ3v) is 4.92. The summed E-state index contributed by atoms with van der Waals surface area (Å²) in [5.41, 5.74) is 1.62. The molecule has 0 fully saturated rings. The third kappa shape index (κ3) is 3.94. The maximum Gasteiger partial charge on any atom is 0.416 e. The van der Waals surface area contributed by atoms with Crippen LogP contribution in [0.5, 0.6) is 0 Å². The monoisotopic (exact) mass is 422 g/mol. The number of amides is 2. The molecular weight excluding hydrogens is 405 g/mol. The molecule has 3 aromatic rings. The fourth-order valence-corrected chi connectivity index (χ4v) is 3.33. The van der Waals surface area contributed by atoms with Gasteiger partial charge in [0.05, 0.1) is 16.8 Å². The van der Waals surface area contributed by atoms with Crippen LogP contribution < -0.4 is 10.2 Å². The summed E-state index contributed by atoms with van der Waals surface area (Å²) in [4.78, 5) is 27.3. The minimum Gasteiger partial charge on any atom is -0.350 e. The molecule has 1 aliphatic heterocycles. The van der Waals surface area contributed by atoms with Crippen molar-refractivity contribution in [3.63, 3.8) is 0 Å². The second-order valence-corrected chi connectivity index (χ2v) is 7.10. The Balaban J connectivity index is 1.76. The van der Waals surface area contributed by atoms with Gasteiger partial charge in [-0.15, -0.1) is 0 Å². The van der Waals surface area contributed by atoms with Crippen LogP contribution in [0.4, 0.5) is 24.5 Å². The van der Waals surface area contributed by atoms with Crippen LogP contribution in [0.15, 0.2) is 84.6 Å². The Hall–Kier alpha value is -3.87. The molecule has 0 saturated heterocycles. The predicted molar refractivity (Wildman–Crippen MR) is 112 cm³/mol. The number of nitrogens with one attached hydrogen (secondary N) is 1. The van der Waals surface area contributed by atoms with Crippen LogP contribution in [-0.4, -0.2) is 11.8 Å². The van der Waals surface area contributed by atoms with Crippen molar-refractivity contribution in [3.8, 4) is 0 Å². The highest BCUT2D eigenvalue weighted by atomic mass is 19.4. The molecule has 0 radical (unpaired) electrons. The first kappa shape index (κ1) is 20.4. The molecule has 4 nitrogen and oxygen atoms in total. The van der Waals surface area contributed by atoms with Gasteiger partial charge in [-0.2, -0.15) is 13.2 Å². The van der Waals surface area contributed by atoms with Gasteiger partial charge in [-0.1, -0.05) is 48.0 Å². The van der Waals surface area contributed by atoms with E-state index in [0.29, 0.717) is 11.3 Å². The van der Waals surface area contributed by atoms with Crippen LogP contribution in [0, 0.1) is 6.92 Å². The Kier molecular flexibility index (Phi) is 5.10. The normalized spacial score (nSPS) is 14.4. The number of benzene rings is 3. The Labute approximate surface area is 176 Å². The Morgan fingerprint density at radius 1 is 0.774 bits per heavy atom. The first-order valence-corrected chi connectivity index (χ1v) is 9.45. The van der Waals surface area contributed by atoms with E-state index in [-0.39, 0.29) is 17.0 Å². The van der Waals surface area contributed by atoms with E-state index in [1.54, 1.807) is 42.5 Å². The molecule has 3 aromatic carbocycles. The maximum atomic E-state index is 13.2. The largest absolute Gasteiger partial charge is 0.416 e. The number of halogens is 3. The number of carbonyl (C=O) groups is 2. The second-order valence-electron chi connectivity index (χ2n) is 7.10. The fraction of sp³-hybridized carbons (Fsp3) is 0.0833. The van der Waals surface area contributed by atoms with Crippen LogP contribution in [0.25, 0.3) is 5.57 Å². The average Bonchev–Trinajstić information content (AvgIpc) is 2.99. The molecule has 0 saturated carbocycles. The standard InChI is InChI=1S/C24H17F3N2O2/c1-15-7-11-18(12-8-15)28-21-20(16-5-3-2-4-6-16)22(30)29(23(21)31)19-13-9-17(10-14-19)24(25,26)27/h2-14,28H,1H3. The van der Waals surface area contributed by atoms with Crippen molar-refractivity contribution in [2.24, 2.45) is 0 Å². The summed E-state index contributed by atoms with van der Waals surface area (Å²) < 4.78 is 38.7. The molecule has 156 valence electrons. The van der Waals surface area contributed by atoms with Gasteiger partial charge < -0.3 is 5.32 Å². The number of alkyl halides is 3. The number of nitrogens with zero attached hydrogens (tertiary/aromatic N) is 1. The number of rotatable bonds is 4. The van der Waals surface area contributed by atoms with E-state index in [9.17, 15) is 22.8 Å². The van der Waals surface area contributed by atoms with Gasteiger partial charge in [-0.3, -0.25) is 9.59 Å². The van der Waals surface area contributed by atoms with Crippen LogP contribution in [0.1, 0.15) is 16.7 Å². The lowest BCUT2D eigenvalue weighted by Crippen LogP contribution is -2.32. The zero-order valence-corrected chi connectivity index (χ0v) is 16.4. The van der Waals surface area contributed by atoms with Gasteiger partial charge in [0.2, 0.25) is 0 Å². The number of imide groups is 1. The lowest BCUT2D eigenvalue weighted by Gasteiger charge is -2.16. The number of aryl methyl sites for hydroxylation is 1. The third-order valence-electron chi connectivity index (χ3n) is 4.92. The van der Waals surface area contributed by atoms with Crippen LogP contribution >= 0.6 is 0 Å². The van der Waals surface area contributed by atoms with E-state index in [4.69, 9.17) is 0 Å². The van der Waals surface area contributed by atoms with Gasteiger partial charge in [0, 0.05) is 5.69 Å². The number of hydrogen-bond donors (Lipinski definition) is 1. The Morgan fingerprint density at radius 2 is 1.39 bits per heavy atom. The quantitative estimate of drug-likeness (QED) is 0.572. The number of carbonyl (C=O) groups excluding carboxylic acids is 2. The molecule has 1 aliphatic rings. The second kappa shape index (κ2) is 7.75. The summed E-state index contributed by atoms with van der Waals surface area (Å²) >= 11 is 0. The molecule has 0 bridgehead atoms. The molecule has 0 unspecified atom stereocenters. The SMILES string of the molecule is Cc1ccc(NC2=C(c3ccccc3)C(=O)N(c3ccc(C(F)(F)F)cc3)C2=O)cc1. The molecule has 0 atom stereocenters. The minimum absolute atomic E-state index is 0.0668. The molecule has 1 heterocycles. The van der Waals surface area contributed by atoms with Gasteiger partial charge in [-0.25, -0.2) is 4.90 Å². The van der Waals surface area contributed by atoms with Gasteiger partial charge in [0.15, 0.2) is 0 Å². The summed E-state index contributed by atoms with van der Waals surface area (Å²) in [5.74, 6) is -1.24. The van der Waals surface area contributed by atoms with Gasteiger partial charge in [0.1, 0.15) is 5.70 Å². The zero-order valence-electron chi connectivity index (χ0n) is 16.4. The molecule has 31 heavy (non-hydrogen) atoms. The summed E-state index contributed by atoms with van der Waals surface area (Å²) in [7, 11) is 0. The summed E-state index contributed by atoms with van der Waals surface area (Å²) in [6, 6.07) is 19.9. The minimum atomic E-state index is -4.51. The van der Waals surface area contributed by atoms with Crippen molar-refractivity contribution in [2.45, 2.75) is 13.1 Å². The molecule has 0 aliphatic carbocycles. The van der Waals surface area contributed by atoms with E-state index < -0.39 is 23.6 Å². The molecule has 0 aromatic heterocycles. The van der Waals surface area contributed by atoms with Gasteiger partial charge >= 0.3 is 6.18 Å². The average molecular weight is 422 g/mol. The van der Waals surface area contributed by atoms with Gasteiger partial charge in [0.25, 0.3) is 11.8 Å². The summed E-state index contributed by atoms with van der Waals surface area (Å²) in [6.07, 6.45) is -4.51. The van der Waals surface area contributed by atoms with Crippen molar-refractivity contribution in [1.82, 2.24) is 0 Å². The number of hydrogen-bond acceptors (Lipinski definition) is 3. The first-order chi connectivity index (χ1) is 14.8. The van der Waals surface area contributed by atoms with Crippen molar-refractivity contribution in [2.75, 3.05) is 10.2 Å². The number of anilines is 2. The maximum absolute atomic E-state index is 13.2. The molecule has 7 heteroatoms. The topological polar surface area (TPSA) is 49.4 Å². The Morgan fingerprint density at radius 3 is 1.97 bits per heavy atom. The van der Waals surface area contributed by atoms with Crippen molar-refractivity contribution in [1.29, 1.82) is 0 Å². The molecule has 0 spiro atoms. The molecule has 2 amide bonds. The first-order valence-electron chi connectivity index (χ1n) is 9.45. The molecule has 4 rings (SSSR count). The lowest BCUT2D eigenvalue weighted by molar-refractivity contribution is -0.137. The van der Waals surface area contributed by atoms with E-state index >= 15 is 0 Å². The summed E-state index contributed by atoms with van der Waals surface area (Å²) in [5, 5.41) is 3.02. The Bertz CT molecular complexity index is 1170. The van der Waals surface area contributed by atoms with E-state index in [1.807, 2.05) is 19.1 Å². The smallest absolute Gasteiger partial charge is 0.350 e. The molecule has 1 N–H and O–H groups in total. The predicted octanol–water partition coefficient (Wildman–Crippen LogP) is 5.41. The van der Waals surface area contributed by atoms with E-state index in [1.165, 1.54) is 0 Å². The van der Waals surface area contributed by atoms with Crippen LogP contribution in [0.3, 0.4) is 0 Å². The van der Waals surface area contributed by atoms with Crippen molar-refractivity contribution < 1.29 is 22.8 Å². The molecular formula is C24H17F3N2O2. The highest BCUT2D eigenvalue weighted by Gasteiger charge is 2.40. The van der Waals surface area contributed by atoms with Gasteiger partial charge in [-0.05, 0) is 48.9 Å². The van der Waals surface area contributed by atoms with Crippen LogP contribution in [-0.2, 0) is 15.8 Å². The van der Waals surface area contributed by atoms with E-state index in [0.717, 1.165) is 34.7 Å². The van der Waals surface area contributed by atoms with Crippen molar-refractivity contribution in [3.05, 3.63) is 101 Å². The van der Waals surface area contributed by atoms with E-state index in [2.05, 4.69) is 5.32 Å². The highest BCUT2D eigenvalue weighted by Crippen LogP contribution is 2.35. The zero-order chi connectivity index (χ0) is 22.2.